The van der Waals surface area contributed by atoms with Crippen LogP contribution in [0, 0.1) is 33.8 Å². The first kappa shape index (κ1) is 34.3. The highest BCUT2D eigenvalue weighted by Gasteiger charge is 2.18. The van der Waals surface area contributed by atoms with Gasteiger partial charge in [-0.2, -0.15) is 0 Å². The Hall–Kier alpha value is -0.690. The first-order valence-corrected chi connectivity index (χ1v) is 13.9. The highest BCUT2D eigenvalue weighted by atomic mass is 16.5. The average Bonchev–Trinajstić information content (AvgIpc) is 2.65. The Morgan fingerprint density at radius 3 is 1.71 bits per heavy atom. The van der Waals surface area contributed by atoms with Crippen LogP contribution in [0.3, 0.4) is 0 Å². The van der Waals surface area contributed by atoms with E-state index >= 15 is 0 Å². The van der Waals surface area contributed by atoms with E-state index in [1.54, 1.807) is 14.1 Å². The molecule has 0 bridgehead atoms. The van der Waals surface area contributed by atoms with Gasteiger partial charge in [-0.05, 0) is 54.8 Å². The zero-order valence-corrected chi connectivity index (χ0v) is 25.0. The third-order valence-electron chi connectivity index (χ3n) is 6.11. The minimum absolute atomic E-state index is 0.0452. The lowest BCUT2D eigenvalue weighted by Gasteiger charge is -2.33. The van der Waals surface area contributed by atoms with Gasteiger partial charge in [-0.1, -0.05) is 55.4 Å². The maximum absolute atomic E-state index is 12.3. The maximum Gasteiger partial charge on any atom is 0.220 e. The summed E-state index contributed by atoms with van der Waals surface area (Å²) in [5.74, 6) is 1.53. The molecule has 0 saturated carbocycles. The number of amides is 1. The molecule has 210 valence electrons. The van der Waals surface area contributed by atoms with E-state index in [1.807, 2.05) is 0 Å². The van der Waals surface area contributed by atoms with Crippen LogP contribution in [-0.4, -0.2) is 64.2 Å². The number of hydrogen-bond acceptors (Lipinski definition) is 4. The number of quaternary nitrogens is 1. The maximum atomic E-state index is 12.3. The molecule has 0 fully saturated rings. The summed E-state index contributed by atoms with van der Waals surface area (Å²) in [6, 6.07) is 0. The van der Waals surface area contributed by atoms with Crippen molar-refractivity contribution in [3.8, 4) is 0 Å². The summed E-state index contributed by atoms with van der Waals surface area (Å²) in [7, 11) is 3.25. The number of nitrogens with one attached hydrogen (secondary N) is 1. The van der Waals surface area contributed by atoms with Crippen LogP contribution in [0.4, 0.5) is 0 Å². The zero-order valence-electron chi connectivity index (χ0n) is 25.0. The van der Waals surface area contributed by atoms with E-state index in [4.69, 9.17) is 9.47 Å². The van der Waals surface area contributed by atoms with Crippen LogP contribution >= 0.6 is 0 Å². The van der Waals surface area contributed by atoms with Gasteiger partial charge in [0, 0.05) is 38.5 Å². The third kappa shape index (κ3) is 24.8. The monoisotopic (exact) mass is 500 g/mol. The van der Waals surface area contributed by atoms with Crippen molar-refractivity contribution < 1.29 is 18.9 Å². The number of nitrogens with zero attached hydrogens (tertiary/aromatic N) is 1. The fourth-order valence-corrected chi connectivity index (χ4v) is 4.69. The number of ether oxygens (including phenoxy) is 2. The average molecular weight is 501 g/mol. The molecular formula is C29H60N2O4. The molecule has 0 radical (unpaired) electrons. The van der Waals surface area contributed by atoms with Gasteiger partial charge in [0.2, 0.25) is 5.91 Å². The Kier molecular flexibility index (Phi) is 16.6. The Morgan fingerprint density at radius 1 is 0.857 bits per heavy atom. The lowest BCUT2D eigenvalue weighted by Crippen LogP contribution is -2.35. The number of carbonyl (C=O) groups excluding carboxylic acids is 1. The van der Waals surface area contributed by atoms with Crippen molar-refractivity contribution in [2.75, 3.05) is 53.6 Å². The summed E-state index contributed by atoms with van der Waals surface area (Å²) < 4.78 is 11.8. The predicted molar refractivity (Wildman–Crippen MR) is 148 cm³/mol. The van der Waals surface area contributed by atoms with Crippen LogP contribution in [-0.2, 0) is 14.3 Å². The predicted octanol–water partition coefficient (Wildman–Crippen LogP) is 6.42. The first-order valence-electron chi connectivity index (χ1n) is 13.9. The van der Waals surface area contributed by atoms with Crippen molar-refractivity contribution in [1.82, 2.24) is 5.32 Å². The van der Waals surface area contributed by atoms with Crippen LogP contribution in [0.5, 0.6) is 0 Å². The molecule has 0 aromatic rings. The topological polar surface area (TPSA) is 70.6 Å². The van der Waals surface area contributed by atoms with E-state index in [0.29, 0.717) is 61.8 Å². The summed E-state index contributed by atoms with van der Waals surface area (Å²) in [6.07, 6.45) is 6.42. The minimum Gasteiger partial charge on any atom is -0.633 e. The summed E-state index contributed by atoms with van der Waals surface area (Å²) >= 11 is 0. The summed E-state index contributed by atoms with van der Waals surface area (Å²) in [5.41, 5.74) is 0.686. The molecule has 0 aliphatic rings. The number of hydroxylamine groups is 3. The Labute approximate surface area is 218 Å². The fourth-order valence-electron chi connectivity index (χ4n) is 4.69. The van der Waals surface area contributed by atoms with Crippen LogP contribution in [0.25, 0.3) is 0 Å². The molecule has 0 spiro atoms. The molecule has 0 heterocycles. The lowest BCUT2D eigenvalue weighted by molar-refractivity contribution is -0.840. The molecule has 35 heavy (non-hydrogen) atoms. The van der Waals surface area contributed by atoms with Gasteiger partial charge >= 0.3 is 0 Å². The van der Waals surface area contributed by atoms with Gasteiger partial charge in [0.1, 0.15) is 0 Å². The van der Waals surface area contributed by atoms with Crippen LogP contribution < -0.4 is 5.32 Å². The molecule has 0 aliphatic heterocycles. The quantitative estimate of drug-likeness (QED) is 0.126. The van der Waals surface area contributed by atoms with Crippen LogP contribution in [0.15, 0.2) is 0 Å². The van der Waals surface area contributed by atoms with E-state index in [0.717, 1.165) is 32.5 Å². The van der Waals surface area contributed by atoms with Crippen molar-refractivity contribution >= 4 is 5.91 Å². The van der Waals surface area contributed by atoms with E-state index in [-0.39, 0.29) is 16.5 Å². The van der Waals surface area contributed by atoms with Gasteiger partial charge in [-0.25, -0.2) is 0 Å². The van der Waals surface area contributed by atoms with Crippen molar-refractivity contribution in [1.29, 1.82) is 0 Å². The minimum atomic E-state index is -0.324. The van der Waals surface area contributed by atoms with Gasteiger partial charge in [-0.3, -0.25) is 4.79 Å². The molecule has 0 rings (SSSR count). The number of rotatable bonds is 19. The molecule has 6 nitrogen and oxygen atoms in total. The van der Waals surface area contributed by atoms with Crippen molar-refractivity contribution in [2.45, 2.75) is 100 Å². The second-order valence-electron chi connectivity index (χ2n) is 13.9. The van der Waals surface area contributed by atoms with E-state index < -0.39 is 0 Å². The Balaban J connectivity index is 4.45. The third-order valence-corrected chi connectivity index (χ3v) is 6.11. The Bertz CT molecular complexity index is 516. The Morgan fingerprint density at radius 2 is 1.31 bits per heavy atom. The highest BCUT2D eigenvalue weighted by Crippen LogP contribution is 2.27. The molecule has 2 unspecified atom stereocenters. The SMILES string of the molecule is CC(CCOCC(CCC(=O)NCCC[N+](C)(C)[O-])COCCC(C)CC(C)(C)C)CC(C)(C)C. The molecule has 1 N–H and O–H groups in total. The van der Waals surface area contributed by atoms with Gasteiger partial charge in [0.05, 0.1) is 33.9 Å². The summed E-state index contributed by atoms with van der Waals surface area (Å²) in [6.45, 7) is 22.1. The van der Waals surface area contributed by atoms with E-state index in [2.05, 4.69) is 60.7 Å². The van der Waals surface area contributed by atoms with E-state index in [1.165, 1.54) is 12.8 Å². The number of hydrogen-bond donors (Lipinski definition) is 1. The summed E-state index contributed by atoms with van der Waals surface area (Å²) in [5, 5.41) is 14.6. The molecule has 6 heteroatoms. The second kappa shape index (κ2) is 16.9. The smallest absolute Gasteiger partial charge is 0.220 e. The number of carbonyl (C=O) groups is 1. The normalized spacial score (nSPS) is 15.6. The summed E-state index contributed by atoms with van der Waals surface area (Å²) in [4.78, 5) is 12.3. The van der Waals surface area contributed by atoms with Crippen LogP contribution in [0.2, 0.25) is 0 Å². The molecule has 0 aromatic heterocycles. The molecule has 2 atom stereocenters. The van der Waals surface area contributed by atoms with E-state index in [9.17, 15) is 10.0 Å². The van der Waals surface area contributed by atoms with Gasteiger partial charge in [-0.15, -0.1) is 0 Å². The van der Waals surface area contributed by atoms with Crippen molar-refractivity contribution in [3.05, 3.63) is 5.21 Å². The lowest BCUT2D eigenvalue weighted by atomic mass is 9.84. The van der Waals surface area contributed by atoms with Gasteiger partial charge in [0.15, 0.2) is 0 Å². The highest BCUT2D eigenvalue weighted by molar-refractivity contribution is 5.75. The van der Waals surface area contributed by atoms with Gasteiger partial charge < -0.3 is 24.6 Å². The standard InChI is InChI=1S/C29H60N2O4/c1-24(20-28(3,4)5)14-18-34-22-26(23-35-19-15-25(2)21-29(6,7)8)12-13-27(32)30-16-11-17-31(9,10)33/h24-26H,11-23H2,1-10H3,(H,30,32). The molecule has 0 saturated heterocycles. The molecule has 1 amide bonds. The molecule has 0 aromatic carbocycles. The first-order chi connectivity index (χ1) is 16.0. The zero-order chi connectivity index (χ0) is 27.1. The fraction of sp³-hybridized carbons (Fsp3) is 0.966. The van der Waals surface area contributed by atoms with Crippen molar-refractivity contribution in [2.24, 2.45) is 28.6 Å². The second-order valence-corrected chi connectivity index (χ2v) is 13.9. The van der Waals surface area contributed by atoms with Crippen molar-refractivity contribution in [3.63, 3.8) is 0 Å². The largest absolute Gasteiger partial charge is 0.633 e. The van der Waals surface area contributed by atoms with Gasteiger partial charge in [0.25, 0.3) is 0 Å². The van der Waals surface area contributed by atoms with Crippen LogP contribution in [0.1, 0.15) is 100 Å². The molecular weight excluding hydrogens is 440 g/mol. The molecule has 0 aliphatic carbocycles.